The highest BCUT2D eigenvalue weighted by Crippen LogP contribution is 2.18. The Morgan fingerprint density at radius 1 is 1.00 bits per heavy atom. The van der Waals surface area contributed by atoms with E-state index in [1.54, 1.807) is 25.7 Å². The highest BCUT2D eigenvalue weighted by molar-refractivity contribution is 5.69. The van der Waals surface area contributed by atoms with Crippen LogP contribution in [0.15, 0.2) is 0 Å². The van der Waals surface area contributed by atoms with Crippen LogP contribution in [0.5, 0.6) is 0 Å². The first-order chi connectivity index (χ1) is 9.98. The summed E-state index contributed by atoms with van der Waals surface area (Å²) in [4.78, 5) is 25.5. The van der Waals surface area contributed by atoms with Gasteiger partial charge in [0.2, 0.25) is 0 Å². The SMILES string of the molecule is CC(C)(C)OC(=O)NNC1CCCCN1C(=O)OC(C)(C)C. The van der Waals surface area contributed by atoms with Gasteiger partial charge in [-0.1, -0.05) is 0 Å². The molecule has 1 atom stereocenters. The summed E-state index contributed by atoms with van der Waals surface area (Å²) < 4.78 is 10.6. The predicted octanol–water partition coefficient (Wildman–Crippen LogP) is 2.76. The lowest BCUT2D eigenvalue weighted by Gasteiger charge is -2.37. The first-order valence-electron chi connectivity index (χ1n) is 7.72. The number of hydrazine groups is 1. The normalized spacial score (nSPS) is 19.5. The second kappa shape index (κ2) is 7.17. The lowest BCUT2D eigenvalue weighted by atomic mass is 10.1. The van der Waals surface area contributed by atoms with Crippen LogP contribution < -0.4 is 10.9 Å². The smallest absolute Gasteiger partial charge is 0.422 e. The fourth-order valence-electron chi connectivity index (χ4n) is 2.07. The van der Waals surface area contributed by atoms with Crippen molar-refractivity contribution in [1.29, 1.82) is 0 Å². The fraction of sp³-hybridized carbons (Fsp3) is 0.867. The molecule has 0 radical (unpaired) electrons. The van der Waals surface area contributed by atoms with E-state index in [0.717, 1.165) is 19.3 Å². The molecule has 0 aliphatic carbocycles. The minimum atomic E-state index is -0.567. The molecule has 0 aromatic rings. The first-order valence-corrected chi connectivity index (χ1v) is 7.72. The van der Waals surface area contributed by atoms with Crippen LogP contribution >= 0.6 is 0 Å². The van der Waals surface area contributed by atoms with Gasteiger partial charge in [0.1, 0.15) is 17.4 Å². The van der Waals surface area contributed by atoms with E-state index in [-0.39, 0.29) is 12.3 Å². The van der Waals surface area contributed by atoms with Gasteiger partial charge in [-0.25, -0.2) is 15.0 Å². The van der Waals surface area contributed by atoms with Gasteiger partial charge in [0.15, 0.2) is 0 Å². The zero-order chi connectivity index (χ0) is 17.0. The van der Waals surface area contributed by atoms with E-state index in [1.807, 2.05) is 20.8 Å². The number of likely N-dealkylation sites (tertiary alicyclic amines) is 1. The van der Waals surface area contributed by atoms with Crippen molar-refractivity contribution in [3.63, 3.8) is 0 Å². The molecule has 0 bridgehead atoms. The molecule has 2 N–H and O–H groups in total. The van der Waals surface area contributed by atoms with Crippen molar-refractivity contribution in [1.82, 2.24) is 15.8 Å². The van der Waals surface area contributed by atoms with Gasteiger partial charge >= 0.3 is 12.2 Å². The second-order valence-corrected chi connectivity index (χ2v) is 7.46. The minimum Gasteiger partial charge on any atom is -0.444 e. The van der Waals surface area contributed by atoms with Gasteiger partial charge in [-0.2, -0.15) is 0 Å². The monoisotopic (exact) mass is 315 g/mol. The van der Waals surface area contributed by atoms with E-state index in [2.05, 4.69) is 10.9 Å². The molecule has 1 rings (SSSR count). The molecule has 22 heavy (non-hydrogen) atoms. The number of rotatable bonds is 2. The van der Waals surface area contributed by atoms with E-state index in [9.17, 15) is 9.59 Å². The number of carbonyl (C=O) groups excluding carboxylic acids is 2. The van der Waals surface area contributed by atoms with Crippen molar-refractivity contribution in [3.05, 3.63) is 0 Å². The van der Waals surface area contributed by atoms with Crippen LogP contribution in [0.4, 0.5) is 9.59 Å². The maximum Gasteiger partial charge on any atom is 0.422 e. The van der Waals surface area contributed by atoms with Crippen LogP contribution in [0.3, 0.4) is 0 Å². The van der Waals surface area contributed by atoms with Crippen LogP contribution in [0.1, 0.15) is 60.8 Å². The van der Waals surface area contributed by atoms with E-state index in [0.29, 0.717) is 6.54 Å². The Hall–Kier alpha value is -1.50. The highest BCUT2D eigenvalue weighted by Gasteiger charge is 2.30. The van der Waals surface area contributed by atoms with Gasteiger partial charge in [0.05, 0.1) is 0 Å². The van der Waals surface area contributed by atoms with Crippen molar-refractivity contribution in [2.45, 2.75) is 78.2 Å². The topological polar surface area (TPSA) is 79.9 Å². The Labute approximate surface area is 132 Å². The lowest BCUT2D eigenvalue weighted by molar-refractivity contribution is 0.000506. The Bertz CT molecular complexity index is 399. The average Bonchev–Trinajstić information content (AvgIpc) is 2.32. The summed E-state index contributed by atoms with van der Waals surface area (Å²) >= 11 is 0. The molecule has 0 spiro atoms. The first kappa shape index (κ1) is 18.5. The molecule has 1 fully saturated rings. The fourth-order valence-corrected chi connectivity index (χ4v) is 2.07. The summed E-state index contributed by atoms with van der Waals surface area (Å²) in [5.41, 5.74) is 4.25. The van der Waals surface area contributed by atoms with Crippen LogP contribution in [-0.4, -0.2) is 41.0 Å². The van der Waals surface area contributed by atoms with Crippen LogP contribution in [0.2, 0.25) is 0 Å². The number of ether oxygens (including phenoxy) is 2. The number of hydrogen-bond acceptors (Lipinski definition) is 5. The Morgan fingerprint density at radius 3 is 2.14 bits per heavy atom. The maximum atomic E-state index is 12.2. The molecule has 7 nitrogen and oxygen atoms in total. The average molecular weight is 315 g/mol. The van der Waals surface area contributed by atoms with Crippen molar-refractivity contribution in [3.8, 4) is 0 Å². The van der Waals surface area contributed by atoms with Gasteiger partial charge in [0, 0.05) is 6.54 Å². The summed E-state index contributed by atoms with van der Waals surface area (Å²) in [6.07, 6.45) is 1.40. The minimum absolute atomic E-state index is 0.295. The van der Waals surface area contributed by atoms with Gasteiger partial charge in [0.25, 0.3) is 0 Å². The Morgan fingerprint density at radius 2 is 1.59 bits per heavy atom. The number of piperidine rings is 1. The second-order valence-electron chi connectivity index (χ2n) is 7.46. The quantitative estimate of drug-likeness (QED) is 0.766. The van der Waals surface area contributed by atoms with Gasteiger partial charge in [-0.15, -0.1) is 0 Å². The Kier molecular flexibility index (Phi) is 6.05. The number of amides is 2. The molecule has 1 unspecified atom stereocenters. The van der Waals surface area contributed by atoms with Crippen molar-refractivity contribution in [2.75, 3.05) is 6.54 Å². The molecule has 0 aromatic heterocycles. The summed E-state index contributed by atoms with van der Waals surface area (Å²) in [5.74, 6) is 0. The lowest BCUT2D eigenvalue weighted by Crippen LogP contribution is -2.57. The third-order valence-corrected chi connectivity index (χ3v) is 2.87. The Balaban J connectivity index is 2.55. The maximum absolute atomic E-state index is 12.2. The molecule has 1 saturated heterocycles. The third kappa shape index (κ3) is 6.98. The molecule has 1 heterocycles. The summed E-state index contributed by atoms with van der Waals surface area (Å²) in [5, 5.41) is 0. The van der Waals surface area contributed by atoms with Crippen molar-refractivity contribution < 1.29 is 19.1 Å². The van der Waals surface area contributed by atoms with Crippen LogP contribution in [0.25, 0.3) is 0 Å². The van der Waals surface area contributed by atoms with Crippen molar-refractivity contribution >= 4 is 12.2 Å². The number of nitrogens with zero attached hydrogens (tertiary/aromatic N) is 1. The van der Waals surface area contributed by atoms with Gasteiger partial charge in [-0.3, -0.25) is 10.3 Å². The molecule has 128 valence electrons. The molecule has 1 aliphatic rings. The van der Waals surface area contributed by atoms with Crippen LogP contribution in [-0.2, 0) is 9.47 Å². The molecule has 2 amide bonds. The van der Waals surface area contributed by atoms with E-state index in [1.165, 1.54) is 0 Å². The number of hydrogen-bond donors (Lipinski definition) is 2. The molecular formula is C15H29N3O4. The van der Waals surface area contributed by atoms with E-state index >= 15 is 0 Å². The zero-order valence-corrected chi connectivity index (χ0v) is 14.5. The predicted molar refractivity (Wildman–Crippen MR) is 83.1 cm³/mol. The summed E-state index contributed by atoms with van der Waals surface area (Å²) in [7, 11) is 0. The highest BCUT2D eigenvalue weighted by atomic mass is 16.6. The van der Waals surface area contributed by atoms with Gasteiger partial charge in [-0.05, 0) is 60.8 Å². The molecule has 0 saturated carbocycles. The third-order valence-electron chi connectivity index (χ3n) is 2.87. The van der Waals surface area contributed by atoms with E-state index < -0.39 is 17.3 Å². The zero-order valence-electron chi connectivity index (χ0n) is 14.5. The molecule has 7 heteroatoms. The van der Waals surface area contributed by atoms with Crippen LogP contribution in [0, 0.1) is 0 Å². The van der Waals surface area contributed by atoms with Gasteiger partial charge < -0.3 is 9.47 Å². The summed E-state index contributed by atoms with van der Waals surface area (Å²) in [6.45, 7) is 11.5. The molecular weight excluding hydrogens is 286 g/mol. The molecule has 0 aromatic carbocycles. The standard InChI is InChI=1S/C15H29N3O4/c1-14(2,3)21-12(19)17-16-11-9-7-8-10-18(11)13(20)22-15(4,5)6/h11,16H,7-10H2,1-6H3,(H,17,19). The number of nitrogens with one attached hydrogen (secondary N) is 2. The van der Waals surface area contributed by atoms with E-state index in [4.69, 9.17) is 9.47 Å². The van der Waals surface area contributed by atoms with Crippen molar-refractivity contribution in [2.24, 2.45) is 0 Å². The molecule has 1 aliphatic heterocycles. The summed E-state index contributed by atoms with van der Waals surface area (Å²) in [6, 6.07) is 0. The largest absolute Gasteiger partial charge is 0.444 e. The number of carbonyl (C=O) groups is 2.